The van der Waals surface area contributed by atoms with E-state index in [2.05, 4.69) is 9.80 Å². The number of amides is 2. The maximum Gasteiger partial charge on any atom is 0.248 e. The van der Waals surface area contributed by atoms with Crippen LogP contribution in [0.5, 0.6) is 0 Å². The maximum atomic E-state index is 13.5. The molecule has 3 N–H and O–H groups in total. The number of rotatable bonds is 4. The molecule has 1 atom stereocenters. The SMILES string of the molecule is NC(=O)c1cccc(-c2ccc(N3CCC[C@]4(CCN(C5CCC(O)CC5)C4=O)C3)nc2)c1. The number of carbonyl (C=O) groups excluding carboxylic acids is 2. The molecular formula is C26H32N4O3. The van der Waals surface area contributed by atoms with Crippen molar-refractivity contribution in [1.29, 1.82) is 0 Å². The number of likely N-dealkylation sites (tertiary alicyclic amines) is 1. The van der Waals surface area contributed by atoms with E-state index < -0.39 is 5.91 Å². The Morgan fingerprint density at radius 3 is 2.61 bits per heavy atom. The minimum Gasteiger partial charge on any atom is -0.393 e. The molecule has 2 aliphatic heterocycles. The Morgan fingerprint density at radius 1 is 1.06 bits per heavy atom. The molecular weight excluding hydrogens is 416 g/mol. The third kappa shape index (κ3) is 4.22. The Morgan fingerprint density at radius 2 is 1.88 bits per heavy atom. The summed E-state index contributed by atoms with van der Waals surface area (Å²) in [6, 6.07) is 11.6. The highest BCUT2D eigenvalue weighted by Crippen LogP contribution is 2.43. The van der Waals surface area contributed by atoms with Gasteiger partial charge >= 0.3 is 0 Å². The van der Waals surface area contributed by atoms with E-state index in [9.17, 15) is 14.7 Å². The summed E-state index contributed by atoms with van der Waals surface area (Å²) >= 11 is 0. The first-order valence-electron chi connectivity index (χ1n) is 12.1. The van der Waals surface area contributed by atoms with Crippen molar-refractivity contribution in [3.05, 3.63) is 48.2 Å². The van der Waals surface area contributed by atoms with Gasteiger partial charge < -0.3 is 20.6 Å². The number of carbonyl (C=O) groups is 2. The molecule has 7 heteroatoms. The number of primary amides is 1. The third-order valence-corrected chi connectivity index (χ3v) is 7.78. The number of nitrogens with two attached hydrogens (primary N) is 1. The first-order valence-corrected chi connectivity index (χ1v) is 12.1. The standard InChI is InChI=1S/C26H32N4O3/c27-24(32)19-4-1-3-18(15-19)20-5-10-23(28-16-20)29-13-2-11-26(17-29)12-14-30(25(26)33)21-6-8-22(31)9-7-21/h1,3-5,10,15-16,21-22,31H,2,6-9,11-14,17H2,(H2,27,32)/t21?,22?,26-/m0/s1. The Labute approximate surface area is 194 Å². The first-order chi connectivity index (χ1) is 15.9. The lowest BCUT2D eigenvalue weighted by molar-refractivity contribution is -0.139. The summed E-state index contributed by atoms with van der Waals surface area (Å²) in [7, 11) is 0. The minimum atomic E-state index is -0.445. The second kappa shape index (κ2) is 8.78. The van der Waals surface area contributed by atoms with Crippen LogP contribution in [0.3, 0.4) is 0 Å². The van der Waals surface area contributed by atoms with E-state index in [-0.39, 0.29) is 17.6 Å². The fraction of sp³-hybridized carbons (Fsp3) is 0.500. The van der Waals surface area contributed by atoms with Crippen LogP contribution in [-0.4, -0.2) is 58.6 Å². The molecule has 1 aromatic heterocycles. The Balaban J connectivity index is 1.30. The van der Waals surface area contributed by atoms with Crippen molar-refractivity contribution in [2.75, 3.05) is 24.5 Å². The van der Waals surface area contributed by atoms with Crippen LogP contribution in [0.1, 0.15) is 55.3 Å². The molecule has 0 unspecified atom stereocenters. The lowest BCUT2D eigenvalue weighted by atomic mass is 9.78. The van der Waals surface area contributed by atoms with Crippen molar-refractivity contribution in [3.63, 3.8) is 0 Å². The summed E-state index contributed by atoms with van der Waals surface area (Å²) < 4.78 is 0. The fourth-order valence-electron chi connectivity index (χ4n) is 5.87. The van der Waals surface area contributed by atoms with Crippen molar-refractivity contribution in [1.82, 2.24) is 9.88 Å². The van der Waals surface area contributed by atoms with Crippen LogP contribution in [0.4, 0.5) is 5.82 Å². The maximum absolute atomic E-state index is 13.5. The molecule has 3 fully saturated rings. The van der Waals surface area contributed by atoms with Gasteiger partial charge in [-0.3, -0.25) is 9.59 Å². The molecule has 2 saturated heterocycles. The van der Waals surface area contributed by atoms with Crippen LogP contribution in [-0.2, 0) is 4.79 Å². The quantitative estimate of drug-likeness (QED) is 0.749. The van der Waals surface area contributed by atoms with Gasteiger partial charge in [-0.2, -0.15) is 0 Å². The fourth-order valence-corrected chi connectivity index (χ4v) is 5.87. The van der Waals surface area contributed by atoms with Crippen LogP contribution in [0, 0.1) is 5.41 Å². The largest absolute Gasteiger partial charge is 0.393 e. The summed E-state index contributed by atoms with van der Waals surface area (Å²) in [6.07, 6.45) is 7.86. The predicted octanol–water partition coefficient (Wildman–Crippen LogP) is 2.97. The summed E-state index contributed by atoms with van der Waals surface area (Å²) in [5.74, 6) is 0.740. The molecule has 0 bridgehead atoms. The van der Waals surface area contributed by atoms with Crippen molar-refractivity contribution < 1.29 is 14.7 Å². The van der Waals surface area contributed by atoms with E-state index in [0.717, 1.165) is 75.0 Å². The molecule has 3 aliphatic rings. The van der Waals surface area contributed by atoms with Crippen molar-refractivity contribution >= 4 is 17.6 Å². The van der Waals surface area contributed by atoms with Crippen LogP contribution in [0.15, 0.2) is 42.6 Å². The zero-order valence-corrected chi connectivity index (χ0v) is 18.9. The molecule has 5 rings (SSSR count). The highest BCUT2D eigenvalue weighted by molar-refractivity contribution is 5.94. The van der Waals surface area contributed by atoms with E-state index >= 15 is 0 Å². The summed E-state index contributed by atoms with van der Waals surface area (Å²) in [5.41, 5.74) is 7.40. The number of benzene rings is 1. The van der Waals surface area contributed by atoms with Crippen LogP contribution >= 0.6 is 0 Å². The minimum absolute atomic E-state index is 0.203. The summed E-state index contributed by atoms with van der Waals surface area (Å²) in [4.78, 5) is 34.1. The molecule has 7 nitrogen and oxygen atoms in total. The van der Waals surface area contributed by atoms with E-state index in [1.807, 2.05) is 30.5 Å². The van der Waals surface area contributed by atoms with Gasteiger partial charge in [0.05, 0.1) is 11.5 Å². The normalized spacial score (nSPS) is 27.8. The second-order valence-corrected chi connectivity index (χ2v) is 9.87. The zero-order chi connectivity index (χ0) is 23.0. The van der Waals surface area contributed by atoms with Gasteiger partial charge in [-0.25, -0.2) is 4.98 Å². The molecule has 1 aromatic carbocycles. The molecule has 2 amide bonds. The number of aliphatic hydroxyl groups is 1. The smallest absolute Gasteiger partial charge is 0.248 e. The first kappa shape index (κ1) is 21.9. The van der Waals surface area contributed by atoms with Gasteiger partial charge in [0.15, 0.2) is 0 Å². The van der Waals surface area contributed by atoms with E-state index in [1.165, 1.54) is 0 Å². The van der Waals surface area contributed by atoms with Gasteiger partial charge in [-0.1, -0.05) is 12.1 Å². The van der Waals surface area contributed by atoms with E-state index in [4.69, 9.17) is 10.7 Å². The van der Waals surface area contributed by atoms with Crippen molar-refractivity contribution in [3.8, 4) is 11.1 Å². The van der Waals surface area contributed by atoms with Crippen LogP contribution < -0.4 is 10.6 Å². The highest BCUT2D eigenvalue weighted by atomic mass is 16.3. The number of hydrogen-bond acceptors (Lipinski definition) is 5. The van der Waals surface area contributed by atoms with Gasteiger partial charge in [-0.05, 0) is 74.8 Å². The molecule has 33 heavy (non-hydrogen) atoms. The van der Waals surface area contributed by atoms with Gasteiger partial charge in [-0.15, -0.1) is 0 Å². The Bertz CT molecular complexity index is 1030. The van der Waals surface area contributed by atoms with E-state index in [1.54, 1.807) is 12.1 Å². The topological polar surface area (TPSA) is 99.8 Å². The van der Waals surface area contributed by atoms with Gasteiger partial charge in [0.1, 0.15) is 5.82 Å². The number of aliphatic hydroxyl groups excluding tert-OH is 1. The molecule has 0 radical (unpaired) electrons. The predicted molar refractivity (Wildman–Crippen MR) is 127 cm³/mol. The molecule has 1 aliphatic carbocycles. The summed E-state index contributed by atoms with van der Waals surface area (Å²) in [6.45, 7) is 2.44. The number of pyridine rings is 1. The number of anilines is 1. The monoisotopic (exact) mass is 448 g/mol. The molecule has 2 aromatic rings. The molecule has 1 spiro atoms. The second-order valence-electron chi connectivity index (χ2n) is 9.87. The zero-order valence-electron chi connectivity index (χ0n) is 18.9. The number of hydrogen-bond donors (Lipinski definition) is 2. The Hall–Kier alpha value is -2.93. The highest BCUT2D eigenvalue weighted by Gasteiger charge is 2.50. The van der Waals surface area contributed by atoms with Crippen LogP contribution in [0.25, 0.3) is 11.1 Å². The molecule has 174 valence electrons. The average molecular weight is 449 g/mol. The van der Waals surface area contributed by atoms with Gasteiger partial charge in [0.25, 0.3) is 0 Å². The van der Waals surface area contributed by atoms with Gasteiger partial charge in [0, 0.05) is 43.0 Å². The Kier molecular flexibility index (Phi) is 5.83. The number of aromatic nitrogens is 1. The molecule has 3 heterocycles. The third-order valence-electron chi connectivity index (χ3n) is 7.78. The number of nitrogens with zero attached hydrogens (tertiary/aromatic N) is 3. The summed E-state index contributed by atoms with van der Waals surface area (Å²) in [5, 5.41) is 9.83. The average Bonchev–Trinajstić information content (AvgIpc) is 3.15. The van der Waals surface area contributed by atoms with Crippen molar-refractivity contribution in [2.24, 2.45) is 11.1 Å². The molecule has 1 saturated carbocycles. The lowest BCUT2D eigenvalue weighted by Crippen LogP contribution is -2.50. The van der Waals surface area contributed by atoms with E-state index in [0.29, 0.717) is 18.0 Å². The van der Waals surface area contributed by atoms with Crippen LogP contribution in [0.2, 0.25) is 0 Å². The lowest BCUT2D eigenvalue weighted by Gasteiger charge is -2.41. The van der Waals surface area contributed by atoms with Gasteiger partial charge in [0.2, 0.25) is 11.8 Å². The number of piperidine rings is 1. The van der Waals surface area contributed by atoms with Crippen molar-refractivity contribution in [2.45, 2.75) is 57.1 Å².